The molecule has 3 N–H and O–H groups in total. The van der Waals surface area contributed by atoms with Crippen LogP contribution in [-0.4, -0.2) is 32.6 Å². The molecule has 1 aliphatic carbocycles. The van der Waals surface area contributed by atoms with Gasteiger partial charge in [0.1, 0.15) is 0 Å². The lowest BCUT2D eigenvalue weighted by Crippen LogP contribution is -2.44. The van der Waals surface area contributed by atoms with Gasteiger partial charge >= 0.3 is 5.97 Å². The fourth-order valence-corrected chi connectivity index (χ4v) is 2.57. The largest absolute Gasteiger partial charge is 0.481 e. The van der Waals surface area contributed by atoms with Crippen molar-refractivity contribution >= 4 is 16.2 Å². The lowest BCUT2D eigenvalue weighted by atomic mass is 9.86. The van der Waals surface area contributed by atoms with Crippen LogP contribution in [0.1, 0.15) is 25.7 Å². The molecule has 2 unspecified atom stereocenters. The molecule has 0 saturated heterocycles. The fraction of sp³-hybridized carbons (Fsp3) is 0.875. The minimum atomic E-state index is -3.46. The van der Waals surface area contributed by atoms with Gasteiger partial charge in [0.05, 0.1) is 5.92 Å². The Morgan fingerprint density at radius 3 is 2.60 bits per heavy atom. The van der Waals surface area contributed by atoms with E-state index in [2.05, 4.69) is 9.44 Å². The molecule has 0 spiro atoms. The van der Waals surface area contributed by atoms with Gasteiger partial charge in [-0.25, -0.2) is 4.72 Å². The average Bonchev–Trinajstić information content (AvgIpc) is 2.17. The third-order valence-corrected chi connectivity index (χ3v) is 3.80. The molecule has 0 aromatic heterocycles. The van der Waals surface area contributed by atoms with Gasteiger partial charge in [0.2, 0.25) is 0 Å². The molecule has 0 aromatic carbocycles. The molecule has 7 heteroatoms. The topological polar surface area (TPSA) is 95.5 Å². The van der Waals surface area contributed by atoms with Crippen molar-refractivity contribution in [1.82, 2.24) is 9.44 Å². The van der Waals surface area contributed by atoms with Crippen molar-refractivity contribution in [3.05, 3.63) is 0 Å². The Hall–Kier alpha value is -0.660. The van der Waals surface area contributed by atoms with Gasteiger partial charge in [-0.05, 0) is 19.3 Å². The van der Waals surface area contributed by atoms with Crippen LogP contribution in [0.25, 0.3) is 0 Å². The predicted octanol–water partition coefficient (Wildman–Crippen LogP) is -0.316. The molecule has 6 nitrogen and oxygen atoms in total. The van der Waals surface area contributed by atoms with Crippen LogP contribution in [0.15, 0.2) is 0 Å². The molecule has 1 rings (SSSR count). The van der Waals surface area contributed by atoms with Crippen LogP contribution in [0.3, 0.4) is 0 Å². The molecule has 0 radical (unpaired) electrons. The molecular formula is C8H16N2O4S. The summed E-state index contributed by atoms with van der Waals surface area (Å²) in [6, 6.07) is -0.266. The number of hydrogen-bond donors (Lipinski definition) is 3. The summed E-state index contributed by atoms with van der Waals surface area (Å²) in [5.41, 5.74) is 0. The van der Waals surface area contributed by atoms with Gasteiger partial charge in [0.15, 0.2) is 0 Å². The number of hydrogen-bond acceptors (Lipinski definition) is 3. The first-order valence-corrected chi connectivity index (χ1v) is 6.36. The van der Waals surface area contributed by atoms with Gasteiger partial charge in [0.25, 0.3) is 10.2 Å². The summed E-state index contributed by atoms with van der Waals surface area (Å²) in [7, 11) is -2.14. The molecule has 0 bridgehead atoms. The van der Waals surface area contributed by atoms with Crippen LogP contribution in [-0.2, 0) is 15.0 Å². The minimum Gasteiger partial charge on any atom is -0.481 e. The Kier molecular flexibility index (Phi) is 4.06. The van der Waals surface area contributed by atoms with E-state index in [1.54, 1.807) is 0 Å². The first-order valence-electron chi connectivity index (χ1n) is 4.88. The smallest absolute Gasteiger partial charge is 0.306 e. The van der Waals surface area contributed by atoms with Crippen LogP contribution in [0.5, 0.6) is 0 Å². The predicted molar refractivity (Wildman–Crippen MR) is 54.5 cm³/mol. The number of nitrogens with one attached hydrogen (secondary N) is 2. The quantitative estimate of drug-likeness (QED) is 0.623. The highest BCUT2D eigenvalue weighted by molar-refractivity contribution is 7.87. The van der Waals surface area contributed by atoms with E-state index in [1.165, 1.54) is 7.05 Å². The highest BCUT2D eigenvalue weighted by atomic mass is 32.2. The second-order valence-corrected chi connectivity index (χ2v) is 5.37. The minimum absolute atomic E-state index is 0.266. The maximum absolute atomic E-state index is 11.2. The monoisotopic (exact) mass is 236 g/mol. The molecule has 1 fully saturated rings. The van der Waals surface area contributed by atoms with Crippen LogP contribution >= 0.6 is 0 Å². The van der Waals surface area contributed by atoms with E-state index in [0.29, 0.717) is 19.3 Å². The summed E-state index contributed by atoms with van der Waals surface area (Å²) in [5, 5.41) is 8.82. The van der Waals surface area contributed by atoms with Crippen molar-refractivity contribution in [3.63, 3.8) is 0 Å². The van der Waals surface area contributed by atoms with Crippen molar-refractivity contribution in [2.24, 2.45) is 5.92 Å². The summed E-state index contributed by atoms with van der Waals surface area (Å²) in [4.78, 5) is 10.7. The zero-order valence-electron chi connectivity index (χ0n) is 8.56. The molecular weight excluding hydrogens is 220 g/mol. The Morgan fingerprint density at radius 1 is 1.40 bits per heavy atom. The van der Waals surface area contributed by atoms with Crippen molar-refractivity contribution in [2.45, 2.75) is 31.7 Å². The number of rotatable bonds is 4. The highest BCUT2D eigenvalue weighted by Gasteiger charge is 2.28. The van der Waals surface area contributed by atoms with Gasteiger partial charge in [-0.3, -0.25) is 4.79 Å². The van der Waals surface area contributed by atoms with Crippen molar-refractivity contribution in [1.29, 1.82) is 0 Å². The van der Waals surface area contributed by atoms with Crippen LogP contribution in [0.4, 0.5) is 0 Å². The molecule has 0 aromatic rings. The zero-order chi connectivity index (χ0) is 11.5. The summed E-state index contributed by atoms with van der Waals surface area (Å²) in [6.45, 7) is 0. The molecule has 15 heavy (non-hydrogen) atoms. The zero-order valence-corrected chi connectivity index (χ0v) is 9.38. The average molecular weight is 236 g/mol. The van der Waals surface area contributed by atoms with E-state index in [1.807, 2.05) is 0 Å². The maximum atomic E-state index is 11.2. The fourth-order valence-electron chi connectivity index (χ4n) is 1.80. The molecule has 0 amide bonds. The van der Waals surface area contributed by atoms with E-state index < -0.39 is 22.1 Å². The SMILES string of the molecule is CNS(=O)(=O)NC1CCCC(C(=O)O)C1. The van der Waals surface area contributed by atoms with Crippen LogP contribution < -0.4 is 9.44 Å². The van der Waals surface area contributed by atoms with Gasteiger partial charge in [-0.1, -0.05) is 6.42 Å². The van der Waals surface area contributed by atoms with E-state index >= 15 is 0 Å². The summed E-state index contributed by atoms with van der Waals surface area (Å²) >= 11 is 0. The van der Waals surface area contributed by atoms with E-state index in [9.17, 15) is 13.2 Å². The summed E-state index contributed by atoms with van der Waals surface area (Å²) < 4.78 is 26.9. The first kappa shape index (κ1) is 12.4. The molecule has 1 saturated carbocycles. The Morgan fingerprint density at radius 2 is 2.07 bits per heavy atom. The number of carboxylic acid groups (broad SMARTS) is 1. The standard InChI is InChI=1S/C8H16N2O4S/c1-9-15(13,14)10-7-4-2-3-6(5-7)8(11)12/h6-7,9-10H,2-5H2,1H3,(H,11,12). The normalized spacial score (nSPS) is 27.5. The number of carbonyl (C=O) groups is 1. The third kappa shape index (κ3) is 3.77. The lowest BCUT2D eigenvalue weighted by molar-refractivity contribution is -0.143. The Balaban J connectivity index is 2.54. The Bertz CT molecular complexity index is 328. The molecule has 0 aliphatic heterocycles. The Labute approximate surface area is 89.2 Å². The number of carboxylic acids is 1. The molecule has 88 valence electrons. The molecule has 0 heterocycles. The lowest BCUT2D eigenvalue weighted by Gasteiger charge is -2.26. The van der Waals surface area contributed by atoms with Crippen molar-refractivity contribution in [2.75, 3.05) is 7.05 Å². The third-order valence-electron chi connectivity index (χ3n) is 2.61. The van der Waals surface area contributed by atoms with Crippen molar-refractivity contribution < 1.29 is 18.3 Å². The summed E-state index contributed by atoms with van der Waals surface area (Å²) in [5.74, 6) is -1.27. The molecule has 2 atom stereocenters. The van der Waals surface area contributed by atoms with Gasteiger partial charge in [-0.2, -0.15) is 13.1 Å². The maximum Gasteiger partial charge on any atom is 0.306 e. The number of aliphatic carboxylic acids is 1. The van der Waals surface area contributed by atoms with E-state index in [0.717, 1.165) is 6.42 Å². The first-order chi connectivity index (χ1) is 6.94. The summed E-state index contributed by atoms with van der Waals surface area (Å²) in [6.07, 6.45) is 2.45. The van der Waals surface area contributed by atoms with Crippen molar-refractivity contribution in [3.8, 4) is 0 Å². The van der Waals surface area contributed by atoms with Crippen LogP contribution in [0, 0.1) is 5.92 Å². The highest BCUT2D eigenvalue weighted by Crippen LogP contribution is 2.24. The van der Waals surface area contributed by atoms with Gasteiger partial charge < -0.3 is 5.11 Å². The second kappa shape index (κ2) is 4.91. The van der Waals surface area contributed by atoms with E-state index in [4.69, 9.17) is 5.11 Å². The van der Waals surface area contributed by atoms with Gasteiger partial charge in [-0.15, -0.1) is 0 Å². The van der Waals surface area contributed by atoms with Gasteiger partial charge in [0, 0.05) is 13.1 Å². The van der Waals surface area contributed by atoms with E-state index in [-0.39, 0.29) is 6.04 Å². The van der Waals surface area contributed by atoms with Crippen LogP contribution in [0.2, 0.25) is 0 Å². The second-order valence-electron chi connectivity index (χ2n) is 3.72. The molecule has 1 aliphatic rings.